The maximum Gasteiger partial charge on any atom is 0.312 e. The minimum atomic E-state index is -0.774. The van der Waals surface area contributed by atoms with Crippen molar-refractivity contribution in [1.82, 2.24) is 19.5 Å². The van der Waals surface area contributed by atoms with Crippen LogP contribution in [0.1, 0.15) is 18.2 Å². The minimum absolute atomic E-state index is 0.114. The third kappa shape index (κ3) is 2.76. The van der Waals surface area contributed by atoms with Crippen LogP contribution in [-0.4, -0.2) is 26.1 Å². The molecule has 1 aromatic carbocycles. The van der Waals surface area contributed by atoms with Gasteiger partial charge in [-0.25, -0.2) is 4.98 Å². The zero-order chi connectivity index (χ0) is 15.8. The Morgan fingerprint density at radius 1 is 1.35 bits per heavy atom. The van der Waals surface area contributed by atoms with Gasteiger partial charge in [0.05, 0.1) is 12.9 Å². The maximum absolute atomic E-state index is 13.8. The predicted molar refractivity (Wildman–Crippen MR) is 91.4 cm³/mol. The number of anilines is 1. The number of fused-ring (bicyclic) bond motifs is 1. The first-order valence-corrected chi connectivity index (χ1v) is 8.29. The van der Waals surface area contributed by atoms with E-state index in [-0.39, 0.29) is 6.23 Å². The predicted octanol–water partition coefficient (Wildman–Crippen LogP) is 3.10. The smallest absolute Gasteiger partial charge is 0.312 e. The SMILES string of the molecule is Fc1nc(NCc2ccccc2I)c2ncn(C3CCO3)c2n1. The van der Waals surface area contributed by atoms with Gasteiger partial charge in [0, 0.05) is 16.5 Å². The van der Waals surface area contributed by atoms with Crippen LogP contribution in [0.3, 0.4) is 0 Å². The third-order valence-electron chi connectivity index (χ3n) is 3.78. The lowest BCUT2D eigenvalue weighted by Crippen LogP contribution is -2.24. The fourth-order valence-electron chi connectivity index (χ4n) is 2.49. The van der Waals surface area contributed by atoms with E-state index in [9.17, 15) is 4.39 Å². The van der Waals surface area contributed by atoms with E-state index in [1.807, 2.05) is 24.3 Å². The minimum Gasteiger partial charge on any atom is -0.364 e. The average Bonchev–Trinajstić information content (AvgIpc) is 2.88. The summed E-state index contributed by atoms with van der Waals surface area (Å²) in [5.41, 5.74) is 2.11. The van der Waals surface area contributed by atoms with Gasteiger partial charge in [-0.1, -0.05) is 18.2 Å². The number of imidazole rings is 1. The first-order chi connectivity index (χ1) is 11.2. The lowest BCUT2D eigenvalue weighted by Gasteiger charge is -2.27. The number of ether oxygens (including phenoxy) is 1. The van der Waals surface area contributed by atoms with Crippen LogP contribution in [0.4, 0.5) is 10.2 Å². The molecule has 0 amide bonds. The van der Waals surface area contributed by atoms with E-state index in [4.69, 9.17) is 4.74 Å². The molecule has 0 saturated carbocycles. The summed E-state index contributed by atoms with van der Waals surface area (Å²) in [7, 11) is 0. The van der Waals surface area contributed by atoms with E-state index in [1.165, 1.54) is 0 Å². The topological polar surface area (TPSA) is 64.9 Å². The molecule has 0 bridgehead atoms. The monoisotopic (exact) mass is 425 g/mol. The molecule has 6 nitrogen and oxygen atoms in total. The van der Waals surface area contributed by atoms with E-state index < -0.39 is 6.08 Å². The largest absolute Gasteiger partial charge is 0.364 e. The average molecular weight is 425 g/mol. The summed E-state index contributed by atoms with van der Waals surface area (Å²) < 4.78 is 22.1. The Balaban J connectivity index is 1.67. The molecule has 1 unspecified atom stereocenters. The fraction of sp³-hybridized carbons (Fsp3) is 0.267. The van der Waals surface area contributed by atoms with Crippen molar-refractivity contribution in [2.75, 3.05) is 11.9 Å². The van der Waals surface area contributed by atoms with Gasteiger partial charge in [0.2, 0.25) is 0 Å². The van der Waals surface area contributed by atoms with Crippen molar-refractivity contribution >= 4 is 39.6 Å². The molecule has 1 saturated heterocycles. The number of nitrogens with zero attached hydrogens (tertiary/aromatic N) is 4. The van der Waals surface area contributed by atoms with Crippen LogP contribution in [0.15, 0.2) is 30.6 Å². The molecule has 3 heterocycles. The first kappa shape index (κ1) is 14.8. The summed E-state index contributed by atoms with van der Waals surface area (Å²) in [5.74, 6) is 0.394. The van der Waals surface area contributed by atoms with Crippen molar-refractivity contribution in [3.05, 3.63) is 45.8 Å². The molecular weight excluding hydrogens is 412 g/mol. The van der Waals surface area contributed by atoms with Gasteiger partial charge in [0.15, 0.2) is 17.0 Å². The molecule has 1 N–H and O–H groups in total. The van der Waals surface area contributed by atoms with Gasteiger partial charge in [-0.2, -0.15) is 14.4 Å². The number of nitrogens with one attached hydrogen (secondary N) is 1. The third-order valence-corrected chi connectivity index (χ3v) is 4.84. The van der Waals surface area contributed by atoms with Gasteiger partial charge >= 0.3 is 6.08 Å². The van der Waals surface area contributed by atoms with Gasteiger partial charge in [0.1, 0.15) is 6.23 Å². The van der Waals surface area contributed by atoms with E-state index in [2.05, 4.69) is 42.9 Å². The summed E-state index contributed by atoms with van der Waals surface area (Å²) in [6.07, 6.45) is 1.61. The van der Waals surface area contributed by atoms with E-state index in [1.54, 1.807) is 10.9 Å². The second-order valence-corrected chi connectivity index (χ2v) is 6.39. The van der Waals surface area contributed by atoms with Crippen molar-refractivity contribution in [2.45, 2.75) is 19.2 Å². The summed E-state index contributed by atoms with van der Waals surface area (Å²) in [6, 6.07) is 7.99. The molecule has 1 aliphatic heterocycles. The number of aromatic nitrogens is 4. The number of rotatable bonds is 4. The maximum atomic E-state index is 13.8. The molecular formula is C15H13FIN5O. The lowest BCUT2D eigenvalue weighted by atomic mass is 10.2. The molecule has 2 aromatic heterocycles. The van der Waals surface area contributed by atoms with Crippen molar-refractivity contribution in [3.63, 3.8) is 0 Å². The van der Waals surface area contributed by atoms with Crippen LogP contribution in [0.25, 0.3) is 11.2 Å². The summed E-state index contributed by atoms with van der Waals surface area (Å²) in [5, 5.41) is 3.16. The van der Waals surface area contributed by atoms with Crippen LogP contribution < -0.4 is 5.32 Å². The number of hydrogen-bond acceptors (Lipinski definition) is 5. The molecule has 118 valence electrons. The summed E-state index contributed by atoms with van der Waals surface area (Å²) in [6.45, 7) is 1.24. The lowest BCUT2D eigenvalue weighted by molar-refractivity contribution is -0.0974. The van der Waals surface area contributed by atoms with Crippen molar-refractivity contribution in [1.29, 1.82) is 0 Å². The van der Waals surface area contributed by atoms with E-state index in [0.717, 1.165) is 15.6 Å². The molecule has 1 aliphatic rings. The van der Waals surface area contributed by atoms with Gasteiger partial charge in [0.25, 0.3) is 0 Å². The molecule has 0 aliphatic carbocycles. The van der Waals surface area contributed by atoms with Crippen molar-refractivity contribution < 1.29 is 9.13 Å². The van der Waals surface area contributed by atoms with Gasteiger partial charge < -0.3 is 10.1 Å². The Morgan fingerprint density at radius 3 is 2.91 bits per heavy atom. The highest BCUT2D eigenvalue weighted by Crippen LogP contribution is 2.28. The van der Waals surface area contributed by atoms with Gasteiger partial charge in [-0.3, -0.25) is 4.57 Å². The number of benzene rings is 1. The quantitative estimate of drug-likeness (QED) is 0.514. The van der Waals surface area contributed by atoms with Crippen LogP contribution in [0.2, 0.25) is 0 Å². The van der Waals surface area contributed by atoms with Crippen LogP contribution in [-0.2, 0) is 11.3 Å². The zero-order valence-electron chi connectivity index (χ0n) is 12.0. The Labute approximate surface area is 145 Å². The number of hydrogen-bond donors (Lipinski definition) is 1. The van der Waals surface area contributed by atoms with Gasteiger partial charge in [-0.05, 0) is 34.2 Å². The van der Waals surface area contributed by atoms with Gasteiger partial charge in [-0.15, -0.1) is 0 Å². The Hall–Kier alpha value is -1.81. The molecule has 4 rings (SSSR count). The highest BCUT2D eigenvalue weighted by Gasteiger charge is 2.24. The second-order valence-electron chi connectivity index (χ2n) is 5.22. The second kappa shape index (κ2) is 6.00. The molecule has 0 spiro atoms. The Bertz CT molecular complexity index is 864. The summed E-state index contributed by atoms with van der Waals surface area (Å²) in [4.78, 5) is 12.1. The number of halogens is 2. The van der Waals surface area contributed by atoms with Crippen LogP contribution in [0, 0.1) is 9.65 Å². The summed E-state index contributed by atoms with van der Waals surface area (Å²) >= 11 is 2.27. The molecule has 3 aromatic rings. The van der Waals surface area contributed by atoms with Crippen LogP contribution in [0.5, 0.6) is 0 Å². The Morgan fingerprint density at radius 2 is 2.17 bits per heavy atom. The highest BCUT2D eigenvalue weighted by atomic mass is 127. The van der Waals surface area contributed by atoms with Crippen molar-refractivity contribution in [2.24, 2.45) is 0 Å². The standard InChI is InChI=1S/C15H13FIN5O/c16-15-20-13(18-7-9-3-1-2-4-10(9)17)12-14(21-15)22(8-19-12)11-5-6-23-11/h1-4,8,11H,5-7H2,(H,18,20,21). The molecule has 1 atom stereocenters. The highest BCUT2D eigenvalue weighted by molar-refractivity contribution is 14.1. The van der Waals surface area contributed by atoms with E-state index in [0.29, 0.717) is 30.1 Å². The molecule has 1 fully saturated rings. The van der Waals surface area contributed by atoms with E-state index >= 15 is 0 Å². The Kier molecular flexibility index (Phi) is 3.85. The first-order valence-electron chi connectivity index (χ1n) is 7.21. The zero-order valence-corrected chi connectivity index (χ0v) is 14.2. The molecule has 0 radical (unpaired) electrons. The molecule has 8 heteroatoms. The molecule has 23 heavy (non-hydrogen) atoms. The fourth-order valence-corrected chi connectivity index (χ4v) is 3.07. The normalized spacial score (nSPS) is 17.2. The van der Waals surface area contributed by atoms with Crippen LogP contribution >= 0.6 is 22.6 Å². The van der Waals surface area contributed by atoms with Crippen molar-refractivity contribution in [3.8, 4) is 0 Å².